The van der Waals surface area contributed by atoms with E-state index in [1.165, 1.54) is 0 Å². The van der Waals surface area contributed by atoms with Crippen molar-refractivity contribution in [1.82, 2.24) is 9.78 Å². The first-order chi connectivity index (χ1) is 10.2. The lowest BCUT2D eigenvalue weighted by Gasteiger charge is -1.97. The molecule has 0 unspecified atom stereocenters. The number of halogens is 1. The highest BCUT2D eigenvalue weighted by atomic mass is 79.9. The number of hydrogen-bond acceptors (Lipinski definition) is 3. The van der Waals surface area contributed by atoms with E-state index in [1.54, 1.807) is 6.20 Å². The zero-order valence-corrected chi connectivity index (χ0v) is 13.3. The van der Waals surface area contributed by atoms with Crippen LogP contribution in [0.2, 0.25) is 0 Å². The summed E-state index contributed by atoms with van der Waals surface area (Å²) in [5, 5.41) is 5.47. The van der Waals surface area contributed by atoms with Crippen molar-refractivity contribution in [2.75, 3.05) is 0 Å². The molecule has 3 aromatic rings. The maximum absolute atomic E-state index is 11.3. The zero-order chi connectivity index (χ0) is 14.8. The molecule has 2 aromatic heterocycles. The first-order valence-corrected chi connectivity index (χ1v) is 7.72. The van der Waals surface area contributed by atoms with Gasteiger partial charge in [-0.15, -0.1) is 0 Å². The Morgan fingerprint density at radius 2 is 2.24 bits per heavy atom. The zero-order valence-electron chi connectivity index (χ0n) is 11.7. The summed E-state index contributed by atoms with van der Waals surface area (Å²) in [6.07, 6.45) is 4.73. The second-order valence-electron chi connectivity index (χ2n) is 4.96. The molecule has 1 aromatic carbocycles. The lowest BCUT2D eigenvalue weighted by molar-refractivity contribution is 0.112. The lowest BCUT2D eigenvalue weighted by atomic mass is 10.2. The van der Waals surface area contributed by atoms with Gasteiger partial charge in [-0.05, 0) is 30.7 Å². The predicted molar refractivity (Wildman–Crippen MR) is 85.4 cm³/mol. The number of furan rings is 1. The number of aldehydes is 1. The van der Waals surface area contributed by atoms with Crippen molar-refractivity contribution in [2.24, 2.45) is 0 Å². The molecule has 0 spiro atoms. The molecule has 0 aliphatic heterocycles. The van der Waals surface area contributed by atoms with Crippen LogP contribution in [0, 0.1) is 0 Å². The Bertz CT molecular complexity index is 789. The summed E-state index contributed by atoms with van der Waals surface area (Å²) in [7, 11) is 0. The second-order valence-corrected chi connectivity index (χ2v) is 5.88. The monoisotopic (exact) mass is 346 g/mol. The fraction of sp³-hybridized carbons (Fsp3) is 0.250. The van der Waals surface area contributed by atoms with E-state index in [9.17, 15) is 4.79 Å². The number of benzene rings is 1. The van der Waals surface area contributed by atoms with E-state index in [0.717, 1.165) is 41.1 Å². The molecular formula is C16H15BrN2O2. The molecule has 0 aliphatic rings. The van der Waals surface area contributed by atoms with Gasteiger partial charge in [0.15, 0.2) is 12.0 Å². The van der Waals surface area contributed by atoms with E-state index in [2.05, 4.69) is 28.0 Å². The van der Waals surface area contributed by atoms with Crippen LogP contribution in [0.15, 0.2) is 39.4 Å². The van der Waals surface area contributed by atoms with Gasteiger partial charge in [0, 0.05) is 22.6 Å². The van der Waals surface area contributed by atoms with Gasteiger partial charge in [-0.1, -0.05) is 29.3 Å². The number of fused-ring (bicyclic) bond motifs is 1. The summed E-state index contributed by atoms with van der Waals surface area (Å²) in [6.45, 7) is 2.94. The summed E-state index contributed by atoms with van der Waals surface area (Å²) in [6, 6.07) is 7.73. The van der Waals surface area contributed by atoms with Gasteiger partial charge < -0.3 is 4.42 Å². The molecule has 0 N–H and O–H groups in total. The summed E-state index contributed by atoms with van der Waals surface area (Å²) >= 11 is 3.44. The third kappa shape index (κ3) is 2.78. The van der Waals surface area contributed by atoms with Crippen LogP contribution < -0.4 is 0 Å². The molecule has 5 heteroatoms. The van der Waals surface area contributed by atoms with Crippen LogP contribution in [0.25, 0.3) is 22.4 Å². The van der Waals surface area contributed by atoms with Gasteiger partial charge in [0.1, 0.15) is 11.3 Å². The second kappa shape index (κ2) is 5.85. The fourth-order valence-corrected chi connectivity index (χ4v) is 2.66. The highest BCUT2D eigenvalue weighted by Gasteiger charge is 2.15. The van der Waals surface area contributed by atoms with Crippen molar-refractivity contribution in [3.8, 4) is 11.5 Å². The predicted octanol–water partition coefficient (Wildman–Crippen LogP) is 4.67. The molecule has 0 atom stereocenters. The number of aryl methyl sites for hydroxylation is 1. The summed E-state index contributed by atoms with van der Waals surface area (Å²) in [5.41, 5.74) is 1.95. The number of hydrogen-bond donors (Lipinski definition) is 0. The molecule has 4 nitrogen and oxygen atoms in total. The number of carbonyl (C=O) groups excluding carboxylic acids is 1. The topological polar surface area (TPSA) is 48.0 Å². The number of rotatable bonds is 5. The Morgan fingerprint density at radius 1 is 1.38 bits per heavy atom. The molecule has 0 saturated carbocycles. The molecule has 0 bridgehead atoms. The Hall–Kier alpha value is -1.88. The average molecular weight is 347 g/mol. The minimum atomic E-state index is 0.559. The number of carbonyl (C=O) groups is 1. The number of aromatic nitrogens is 2. The van der Waals surface area contributed by atoms with Crippen LogP contribution in [0.5, 0.6) is 0 Å². The lowest BCUT2D eigenvalue weighted by Crippen LogP contribution is -1.97. The summed E-state index contributed by atoms with van der Waals surface area (Å²) < 4.78 is 8.62. The maximum atomic E-state index is 11.3. The molecular weight excluding hydrogens is 332 g/mol. The highest BCUT2D eigenvalue weighted by Crippen LogP contribution is 2.30. The Balaban J connectivity index is 2.04. The third-order valence-electron chi connectivity index (χ3n) is 3.37. The summed E-state index contributed by atoms with van der Waals surface area (Å²) in [4.78, 5) is 11.3. The van der Waals surface area contributed by atoms with Crippen molar-refractivity contribution < 1.29 is 9.21 Å². The molecule has 0 amide bonds. The molecule has 0 radical (unpaired) electrons. The van der Waals surface area contributed by atoms with Crippen LogP contribution in [0.1, 0.15) is 30.1 Å². The van der Waals surface area contributed by atoms with Crippen molar-refractivity contribution in [2.45, 2.75) is 26.3 Å². The van der Waals surface area contributed by atoms with Crippen LogP contribution in [0.3, 0.4) is 0 Å². The standard InChI is InChI=1S/C16H15BrN2O2/c1-2-3-6-19-9-12(10-20)16(18-19)15-8-11-7-13(17)4-5-14(11)21-15/h4-5,7-10H,2-3,6H2,1H3. The third-order valence-corrected chi connectivity index (χ3v) is 3.86. The minimum Gasteiger partial charge on any atom is -0.454 e. The van der Waals surface area contributed by atoms with Crippen LogP contribution in [-0.4, -0.2) is 16.1 Å². The van der Waals surface area contributed by atoms with E-state index in [4.69, 9.17) is 4.42 Å². The molecule has 3 rings (SSSR count). The normalized spacial score (nSPS) is 11.1. The van der Waals surface area contributed by atoms with Crippen LogP contribution in [-0.2, 0) is 6.54 Å². The molecule has 0 saturated heterocycles. The fourth-order valence-electron chi connectivity index (χ4n) is 2.28. The van der Waals surface area contributed by atoms with Gasteiger partial charge in [0.05, 0.1) is 5.56 Å². The largest absolute Gasteiger partial charge is 0.454 e. The molecule has 108 valence electrons. The van der Waals surface area contributed by atoms with Gasteiger partial charge in [-0.3, -0.25) is 9.48 Å². The minimum absolute atomic E-state index is 0.559. The Labute approximate surface area is 130 Å². The van der Waals surface area contributed by atoms with E-state index in [1.807, 2.05) is 28.9 Å². The SMILES string of the molecule is CCCCn1cc(C=O)c(-c2cc3cc(Br)ccc3o2)n1. The van der Waals surface area contributed by atoms with Gasteiger partial charge in [-0.2, -0.15) is 5.10 Å². The van der Waals surface area contributed by atoms with Gasteiger partial charge >= 0.3 is 0 Å². The van der Waals surface area contributed by atoms with Crippen LogP contribution >= 0.6 is 15.9 Å². The summed E-state index contributed by atoms with van der Waals surface area (Å²) in [5.74, 6) is 0.625. The molecule has 21 heavy (non-hydrogen) atoms. The van der Waals surface area contributed by atoms with Gasteiger partial charge in [-0.25, -0.2) is 0 Å². The van der Waals surface area contributed by atoms with Crippen molar-refractivity contribution in [3.63, 3.8) is 0 Å². The first kappa shape index (κ1) is 14.1. The Kier molecular flexibility index (Phi) is 3.92. The average Bonchev–Trinajstić information content (AvgIpc) is 3.07. The molecule has 0 aliphatic carbocycles. The molecule has 0 fully saturated rings. The number of unbranched alkanes of at least 4 members (excludes halogenated alkanes) is 1. The van der Waals surface area contributed by atoms with Crippen molar-refractivity contribution in [1.29, 1.82) is 0 Å². The van der Waals surface area contributed by atoms with Crippen LogP contribution in [0.4, 0.5) is 0 Å². The smallest absolute Gasteiger partial charge is 0.156 e. The van der Waals surface area contributed by atoms with Crippen molar-refractivity contribution >= 4 is 33.2 Å². The number of nitrogens with zero attached hydrogens (tertiary/aromatic N) is 2. The molecule has 2 heterocycles. The highest BCUT2D eigenvalue weighted by molar-refractivity contribution is 9.10. The van der Waals surface area contributed by atoms with E-state index < -0.39 is 0 Å². The quantitative estimate of drug-likeness (QED) is 0.630. The first-order valence-electron chi connectivity index (χ1n) is 6.93. The maximum Gasteiger partial charge on any atom is 0.156 e. The van der Waals surface area contributed by atoms with E-state index in [-0.39, 0.29) is 0 Å². The van der Waals surface area contributed by atoms with Gasteiger partial charge in [0.25, 0.3) is 0 Å². The van der Waals surface area contributed by atoms with Crippen molar-refractivity contribution in [3.05, 3.63) is 40.5 Å². The van der Waals surface area contributed by atoms with Gasteiger partial charge in [0.2, 0.25) is 0 Å². The van der Waals surface area contributed by atoms with E-state index >= 15 is 0 Å². The Morgan fingerprint density at radius 3 is 3.00 bits per heavy atom. The van der Waals surface area contributed by atoms with E-state index in [0.29, 0.717) is 17.0 Å².